The summed E-state index contributed by atoms with van der Waals surface area (Å²) in [6.45, 7) is 3.93. The van der Waals surface area contributed by atoms with E-state index in [1.807, 2.05) is 43.3 Å². The minimum atomic E-state index is -0.212. The highest BCUT2D eigenvalue weighted by Gasteiger charge is 2.16. The summed E-state index contributed by atoms with van der Waals surface area (Å²) in [4.78, 5) is 0. The number of hydrogen-bond acceptors (Lipinski definition) is 6. The summed E-state index contributed by atoms with van der Waals surface area (Å²) in [6.07, 6.45) is 0. The van der Waals surface area contributed by atoms with Crippen LogP contribution in [0.15, 0.2) is 65.8 Å². The zero-order valence-electron chi connectivity index (χ0n) is 17.1. The molecule has 0 aliphatic carbocycles. The van der Waals surface area contributed by atoms with Crippen molar-refractivity contribution in [3.05, 3.63) is 71.8 Å². The van der Waals surface area contributed by atoms with Gasteiger partial charge >= 0.3 is 0 Å². The van der Waals surface area contributed by atoms with Crippen LogP contribution in [0.4, 0.5) is 11.4 Å². The molecule has 0 unspecified atom stereocenters. The Morgan fingerprint density at radius 1 is 1.10 bits per heavy atom. The second-order valence-corrected chi connectivity index (χ2v) is 7.92. The number of hydrogen-bond donors (Lipinski definition) is 5. The Balaban J connectivity index is 1.80. The molecule has 1 aromatic heterocycles. The molecule has 4 aromatic rings. The van der Waals surface area contributed by atoms with Crippen LogP contribution >= 0.6 is 11.5 Å². The average molecular weight is 431 g/mol. The fourth-order valence-corrected chi connectivity index (χ4v) is 4.00. The van der Waals surface area contributed by atoms with Gasteiger partial charge in [-0.1, -0.05) is 36.4 Å². The monoisotopic (exact) mass is 430 g/mol. The number of aromatic hydroxyl groups is 1. The SMILES string of the molecule is CC(=NNC(=N)N)c1cccc(Nc2cc(C)c3ccccc3c2-c2cc(O)sn2)c1. The van der Waals surface area contributed by atoms with E-state index in [9.17, 15) is 5.11 Å². The number of anilines is 2. The molecule has 0 atom stereocenters. The molecule has 0 bridgehead atoms. The van der Waals surface area contributed by atoms with Crippen LogP contribution < -0.4 is 16.5 Å². The Kier molecular flexibility index (Phi) is 5.55. The summed E-state index contributed by atoms with van der Waals surface area (Å²) in [6, 6.07) is 19.8. The zero-order valence-corrected chi connectivity index (χ0v) is 17.9. The first-order valence-corrected chi connectivity index (χ1v) is 10.4. The number of nitrogens with two attached hydrogens (primary N) is 1. The van der Waals surface area contributed by atoms with Gasteiger partial charge in [0.05, 0.1) is 11.4 Å². The first-order chi connectivity index (χ1) is 14.9. The lowest BCUT2D eigenvalue weighted by molar-refractivity contribution is 0.491. The van der Waals surface area contributed by atoms with Crippen molar-refractivity contribution in [1.82, 2.24) is 9.80 Å². The molecule has 7 nitrogen and oxygen atoms in total. The summed E-state index contributed by atoms with van der Waals surface area (Å²) in [7, 11) is 0. The van der Waals surface area contributed by atoms with E-state index in [0.717, 1.165) is 56.1 Å². The minimum Gasteiger partial charge on any atom is -0.498 e. The number of nitrogens with one attached hydrogen (secondary N) is 3. The molecule has 0 spiro atoms. The van der Waals surface area contributed by atoms with Crippen LogP contribution in [0, 0.1) is 12.3 Å². The molecular formula is C23H22N6OS. The number of benzene rings is 3. The maximum Gasteiger partial charge on any atom is 0.206 e. The molecule has 8 heteroatoms. The Hall–Kier alpha value is -3.91. The van der Waals surface area contributed by atoms with Gasteiger partial charge in [0, 0.05) is 34.5 Å². The van der Waals surface area contributed by atoms with Crippen molar-refractivity contribution in [3.63, 3.8) is 0 Å². The predicted molar refractivity (Wildman–Crippen MR) is 128 cm³/mol. The summed E-state index contributed by atoms with van der Waals surface area (Å²) in [5.41, 5.74) is 14.0. The molecule has 6 N–H and O–H groups in total. The van der Waals surface area contributed by atoms with Crippen molar-refractivity contribution >= 4 is 45.4 Å². The fourth-order valence-electron chi connectivity index (χ4n) is 3.50. The summed E-state index contributed by atoms with van der Waals surface area (Å²) in [5, 5.41) is 27.2. The predicted octanol–water partition coefficient (Wildman–Crippen LogP) is 4.93. The molecular weight excluding hydrogens is 408 g/mol. The summed E-state index contributed by atoms with van der Waals surface area (Å²) in [5.74, 6) is -0.212. The van der Waals surface area contributed by atoms with Gasteiger partial charge in [0.25, 0.3) is 0 Å². The number of hydrazone groups is 1. The normalized spacial score (nSPS) is 11.5. The van der Waals surface area contributed by atoms with Crippen molar-refractivity contribution in [1.29, 1.82) is 5.41 Å². The highest BCUT2D eigenvalue weighted by atomic mass is 32.1. The number of rotatable bonds is 5. The van der Waals surface area contributed by atoms with Crippen LogP contribution in [0.2, 0.25) is 0 Å². The molecule has 0 saturated carbocycles. The highest BCUT2D eigenvalue weighted by Crippen LogP contribution is 2.40. The van der Waals surface area contributed by atoms with Crippen molar-refractivity contribution in [2.45, 2.75) is 13.8 Å². The molecule has 0 fully saturated rings. The Bertz CT molecular complexity index is 1310. The smallest absolute Gasteiger partial charge is 0.206 e. The first kappa shape index (κ1) is 20.4. The van der Waals surface area contributed by atoms with Gasteiger partial charge in [0.1, 0.15) is 0 Å². The van der Waals surface area contributed by atoms with Gasteiger partial charge in [0.15, 0.2) is 5.06 Å². The maximum atomic E-state index is 9.90. The number of nitrogens with zero attached hydrogens (tertiary/aromatic N) is 2. The number of aromatic nitrogens is 1. The van der Waals surface area contributed by atoms with Crippen LogP contribution in [0.5, 0.6) is 5.06 Å². The topological polar surface area (TPSA) is 119 Å². The standard InChI is InChI=1S/C23H22N6OS/c1-13-10-19(26-16-7-5-6-15(11-16)14(2)27-28-23(24)25)22(20-12-21(30)31-29-20)18-9-4-3-8-17(13)18/h3-12,26,30H,1-2H3,(H4,24,25,28). The third-order valence-corrected chi connectivity index (χ3v) is 5.50. The average Bonchev–Trinajstić information content (AvgIpc) is 3.18. The van der Waals surface area contributed by atoms with Gasteiger partial charge in [-0.2, -0.15) is 9.47 Å². The molecule has 0 aliphatic rings. The van der Waals surface area contributed by atoms with Crippen molar-refractivity contribution < 1.29 is 5.11 Å². The molecule has 0 amide bonds. The van der Waals surface area contributed by atoms with Gasteiger partial charge in [0.2, 0.25) is 5.96 Å². The zero-order chi connectivity index (χ0) is 22.0. The second kappa shape index (κ2) is 8.45. The van der Waals surface area contributed by atoms with Crippen molar-refractivity contribution in [2.75, 3.05) is 5.32 Å². The lowest BCUT2D eigenvalue weighted by Crippen LogP contribution is -2.26. The van der Waals surface area contributed by atoms with Crippen molar-refractivity contribution in [3.8, 4) is 16.3 Å². The van der Waals surface area contributed by atoms with Crippen LogP contribution in [-0.4, -0.2) is 21.2 Å². The largest absolute Gasteiger partial charge is 0.498 e. The first-order valence-electron chi connectivity index (χ1n) is 9.62. The number of fused-ring (bicyclic) bond motifs is 1. The molecule has 156 valence electrons. The maximum absolute atomic E-state index is 9.90. The van der Waals surface area contributed by atoms with E-state index in [4.69, 9.17) is 11.1 Å². The van der Waals surface area contributed by atoms with E-state index in [2.05, 4.69) is 45.3 Å². The third kappa shape index (κ3) is 4.34. The lowest BCUT2D eigenvalue weighted by atomic mass is 9.96. The molecule has 1 heterocycles. The van der Waals surface area contributed by atoms with E-state index in [0.29, 0.717) is 5.71 Å². The van der Waals surface area contributed by atoms with Gasteiger partial charge in [-0.15, -0.1) is 0 Å². The van der Waals surface area contributed by atoms with E-state index in [-0.39, 0.29) is 11.0 Å². The Labute approximate surface area is 183 Å². The van der Waals surface area contributed by atoms with Crippen molar-refractivity contribution in [2.24, 2.45) is 10.8 Å². The van der Waals surface area contributed by atoms with Crippen LogP contribution in [0.1, 0.15) is 18.1 Å². The van der Waals surface area contributed by atoms with Gasteiger partial charge in [-0.05, 0) is 53.9 Å². The summed E-state index contributed by atoms with van der Waals surface area (Å²) >= 11 is 1.07. The molecule has 0 saturated heterocycles. The van der Waals surface area contributed by atoms with Crippen LogP contribution in [0.25, 0.3) is 22.0 Å². The summed E-state index contributed by atoms with van der Waals surface area (Å²) < 4.78 is 4.45. The lowest BCUT2D eigenvalue weighted by Gasteiger charge is -2.16. The second-order valence-electron chi connectivity index (χ2n) is 7.14. The Morgan fingerprint density at radius 3 is 2.58 bits per heavy atom. The van der Waals surface area contributed by atoms with Gasteiger partial charge in [-0.25, -0.2) is 5.43 Å². The van der Waals surface area contributed by atoms with Gasteiger partial charge in [-0.3, -0.25) is 5.41 Å². The quantitative estimate of drug-likeness (QED) is 0.175. The molecule has 0 radical (unpaired) electrons. The van der Waals surface area contributed by atoms with E-state index in [1.54, 1.807) is 6.07 Å². The molecule has 0 aliphatic heterocycles. The fraction of sp³-hybridized carbons (Fsp3) is 0.0870. The molecule has 31 heavy (non-hydrogen) atoms. The van der Waals surface area contributed by atoms with Crippen LogP contribution in [0.3, 0.4) is 0 Å². The number of guanidine groups is 1. The van der Waals surface area contributed by atoms with E-state index in [1.165, 1.54) is 0 Å². The molecule has 4 rings (SSSR count). The number of aryl methyl sites for hydroxylation is 1. The Morgan fingerprint density at radius 2 is 1.87 bits per heavy atom. The highest BCUT2D eigenvalue weighted by molar-refractivity contribution is 7.07. The van der Waals surface area contributed by atoms with E-state index < -0.39 is 0 Å². The third-order valence-electron chi connectivity index (χ3n) is 4.91. The van der Waals surface area contributed by atoms with Gasteiger partial charge < -0.3 is 16.2 Å². The van der Waals surface area contributed by atoms with E-state index >= 15 is 0 Å². The minimum absolute atomic E-state index is 0.178. The van der Waals surface area contributed by atoms with Crippen LogP contribution in [-0.2, 0) is 0 Å². The molecule has 3 aromatic carbocycles.